The third-order valence-electron chi connectivity index (χ3n) is 2.61. The van der Waals surface area contributed by atoms with Gasteiger partial charge in [0.05, 0.1) is 0 Å². The summed E-state index contributed by atoms with van der Waals surface area (Å²) < 4.78 is 51.8. The van der Waals surface area contributed by atoms with E-state index in [1.807, 2.05) is 0 Å². The highest BCUT2D eigenvalue weighted by atomic mass is 19.3. The van der Waals surface area contributed by atoms with Crippen molar-refractivity contribution in [3.8, 4) is 5.75 Å². The number of hydrogen-bond donors (Lipinski definition) is 0. The zero-order chi connectivity index (χ0) is 16.5. The van der Waals surface area contributed by atoms with E-state index >= 15 is 0 Å². The second-order valence-corrected chi connectivity index (χ2v) is 4.80. The van der Waals surface area contributed by atoms with Gasteiger partial charge in [-0.2, -0.15) is 8.78 Å². The number of carbonyl (C=O) groups is 2. The van der Waals surface area contributed by atoms with Crippen molar-refractivity contribution < 1.29 is 37.0 Å². The summed E-state index contributed by atoms with van der Waals surface area (Å²) in [6.45, 7) is -0.370. The molecular formula is C14H11F3O5. The van der Waals surface area contributed by atoms with E-state index in [1.165, 1.54) is 13.8 Å². The first-order valence-corrected chi connectivity index (χ1v) is 6.11. The van der Waals surface area contributed by atoms with E-state index < -0.39 is 35.7 Å². The predicted molar refractivity (Wildman–Crippen MR) is 67.3 cm³/mol. The molecule has 1 aromatic carbocycles. The number of esters is 2. The van der Waals surface area contributed by atoms with E-state index in [0.717, 1.165) is 24.3 Å². The Kier molecular flexibility index (Phi) is 4.11. The number of rotatable bonds is 3. The lowest BCUT2D eigenvalue weighted by atomic mass is 10.1. The van der Waals surface area contributed by atoms with Gasteiger partial charge in [-0.15, -0.1) is 0 Å². The van der Waals surface area contributed by atoms with Crippen molar-refractivity contribution >= 4 is 18.0 Å². The fourth-order valence-electron chi connectivity index (χ4n) is 1.74. The van der Waals surface area contributed by atoms with Crippen molar-refractivity contribution in [2.24, 2.45) is 0 Å². The molecule has 0 unspecified atom stereocenters. The van der Waals surface area contributed by atoms with E-state index in [1.54, 1.807) is 0 Å². The Morgan fingerprint density at radius 3 is 2.32 bits per heavy atom. The van der Waals surface area contributed by atoms with Crippen molar-refractivity contribution in [3.63, 3.8) is 0 Å². The van der Waals surface area contributed by atoms with Crippen LogP contribution in [0.25, 0.3) is 6.08 Å². The second kappa shape index (κ2) is 5.70. The van der Waals surface area contributed by atoms with Crippen LogP contribution in [-0.2, 0) is 19.1 Å². The molecular weight excluding hydrogens is 305 g/mol. The van der Waals surface area contributed by atoms with E-state index in [9.17, 15) is 22.8 Å². The van der Waals surface area contributed by atoms with Crippen LogP contribution in [0.2, 0.25) is 0 Å². The molecule has 0 radical (unpaired) electrons. The van der Waals surface area contributed by atoms with Gasteiger partial charge in [-0.3, -0.25) is 0 Å². The van der Waals surface area contributed by atoms with Gasteiger partial charge >= 0.3 is 18.6 Å². The summed E-state index contributed by atoms with van der Waals surface area (Å²) in [4.78, 5) is 23.5. The molecule has 2 rings (SSSR count). The molecule has 1 heterocycles. The molecule has 1 fully saturated rings. The highest BCUT2D eigenvalue weighted by Gasteiger charge is 2.39. The third kappa shape index (κ3) is 3.57. The molecule has 1 aliphatic heterocycles. The summed E-state index contributed by atoms with van der Waals surface area (Å²) in [5.41, 5.74) is -0.839. The Labute approximate surface area is 123 Å². The first-order valence-electron chi connectivity index (χ1n) is 6.11. The second-order valence-electron chi connectivity index (χ2n) is 4.80. The molecule has 1 aliphatic rings. The monoisotopic (exact) mass is 316 g/mol. The maximum absolute atomic E-state index is 13.7. The van der Waals surface area contributed by atoms with Gasteiger partial charge in [-0.25, -0.2) is 14.0 Å². The van der Waals surface area contributed by atoms with Crippen LogP contribution < -0.4 is 4.74 Å². The zero-order valence-corrected chi connectivity index (χ0v) is 11.6. The van der Waals surface area contributed by atoms with E-state index in [0.29, 0.717) is 0 Å². The normalized spacial score (nSPS) is 17.1. The topological polar surface area (TPSA) is 61.8 Å². The lowest BCUT2D eigenvalue weighted by molar-refractivity contribution is -0.222. The predicted octanol–water partition coefficient (Wildman–Crippen LogP) is 2.65. The molecule has 0 spiro atoms. The van der Waals surface area contributed by atoms with E-state index in [2.05, 4.69) is 4.74 Å². The van der Waals surface area contributed by atoms with Crippen molar-refractivity contribution in [2.75, 3.05) is 0 Å². The van der Waals surface area contributed by atoms with Crippen LogP contribution in [-0.4, -0.2) is 24.3 Å². The minimum Gasteiger partial charge on any atom is -0.435 e. The number of halogens is 3. The van der Waals surface area contributed by atoms with Crippen LogP contribution in [0.4, 0.5) is 13.2 Å². The molecule has 0 amide bonds. The van der Waals surface area contributed by atoms with Crippen LogP contribution in [0.5, 0.6) is 5.75 Å². The largest absolute Gasteiger partial charge is 0.435 e. The number of carbonyl (C=O) groups excluding carboxylic acids is 2. The van der Waals surface area contributed by atoms with Crippen LogP contribution in [0.15, 0.2) is 23.8 Å². The number of hydrogen-bond acceptors (Lipinski definition) is 5. The highest BCUT2D eigenvalue weighted by Crippen LogP contribution is 2.26. The van der Waals surface area contributed by atoms with Gasteiger partial charge in [0.2, 0.25) is 0 Å². The summed E-state index contributed by atoms with van der Waals surface area (Å²) in [6.07, 6.45) is 0.855. The number of ether oxygens (including phenoxy) is 3. The van der Waals surface area contributed by atoms with Crippen LogP contribution >= 0.6 is 0 Å². The first kappa shape index (κ1) is 15.9. The van der Waals surface area contributed by atoms with Crippen LogP contribution in [0.3, 0.4) is 0 Å². The molecule has 5 nitrogen and oxygen atoms in total. The van der Waals surface area contributed by atoms with Gasteiger partial charge in [-0.05, 0) is 24.3 Å². The summed E-state index contributed by atoms with van der Waals surface area (Å²) in [5.74, 6) is -4.58. The molecule has 0 atom stereocenters. The van der Waals surface area contributed by atoms with Gasteiger partial charge in [0.15, 0.2) is 0 Å². The first-order chi connectivity index (χ1) is 10.2. The lowest BCUT2D eigenvalue weighted by Crippen LogP contribution is -2.41. The van der Waals surface area contributed by atoms with E-state index in [-0.39, 0.29) is 11.3 Å². The van der Waals surface area contributed by atoms with Gasteiger partial charge < -0.3 is 14.2 Å². The molecule has 0 saturated carbocycles. The Morgan fingerprint density at radius 2 is 1.77 bits per heavy atom. The fourth-order valence-corrected chi connectivity index (χ4v) is 1.74. The molecule has 0 bridgehead atoms. The molecule has 0 aromatic heterocycles. The summed E-state index contributed by atoms with van der Waals surface area (Å²) in [6, 6.07) is 2.78. The van der Waals surface area contributed by atoms with Gasteiger partial charge in [0.1, 0.15) is 17.1 Å². The van der Waals surface area contributed by atoms with Crippen molar-refractivity contribution in [1.82, 2.24) is 0 Å². The number of cyclic esters (lactones) is 2. The molecule has 8 heteroatoms. The number of alkyl halides is 2. The molecule has 0 N–H and O–H groups in total. The summed E-state index contributed by atoms with van der Waals surface area (Å²) >= 11 is 0. The molecule has 1 saturated heterocycles. The van der Waals surface area contributed by atoms with Gasteiger partial charge in [0, 0.05) is 19.4 Å². The Morgan fingerprint density at radius 1 is 1.18 bits per heavy atom. The van der Waals surface area contributed by atoms with Crippen LogP contribution in [0.1, 0.15) is 19.4 Å². The maximum atomic E-state index is 13.7. The van der Waals surface area contributed by atoms with E-state index in [4.69, 9.17) is 9.47 Å². The van der Waals surface area contributed by atoms with Crippen molar-refractivity contribution in [1.29, 1.82) is 0 Å². The third-order valence-corrected chi connectivity index (χ3v) is 2.61. The molecule has 0 aliphatic carbocycles. The van der Waals surface area contributed by atoms with Crippen molar-refractivity contribution in [3.05, 3.63) is 35.2 Å². The molecule has 22 heavy (non-hydrogen) atoms. The standard InChI is InChI=1S/C14H11F3O5/c1-14(2)21-11(18)9(12(19)22-14)6-7-5-8(20-13(16)17)3-4-10(7)15/h3-6,13H,1-2H3. The summed E-state index contributed by atoms with van der Waals surface area (Å²) in [5, 5.41) is 0. The van der Waals surface area contributed by atoms with Gasteiger partial charge in [0.25, 0.3) is 5.79 Å². The molecule has 118 valence electrons. The van der Waals surface area contributed by atoms with Crippen molar-refractivity contribution in [2.45, 2.75) is 26.2 Å². The maximum Gasteiger partial charge on any atom is 0.387 e. The minimum absolute atomic E-state index is 0.290. The Hall–Kier alpha value is -2.51. The molecule has 1 aromatic rings. The Bertz CT molecular complexity index is 630. The summed E-state index contributed by atoms with van der Waals surface area (Å²) in [7, 11) is 0. The Balaban J connectivity index is 2.36. The quantitative estimate of drug-likeness (QED) is 0.487. The highest BCUT2D eigenvalue weighted by molar-refractivity contribution is 6.18. The smallest absolute Gasteiger partial charge is 0.387 e. The average molecular weight is 316 g/mol. The number of benzene rings is 1. The van der Waals surface area contributed by atoms with Crippen LogP contribution in [0, 0.1) is 5.82 Å². The minimum atomic E-state index is -3.09. The lowest BCUT2D eigenvalue weighted by Gasteiger charge is -2.29. The fraction of sp³-hybridized carbons (Fsp3) is 0.286. The SMILES string of the molecule is CC1(C)OC(=O)C(=Cc2cc(OC(F)F)ccc2F)C(=O)O1. The van der Waals surface area contributed by atoms with Gasteiger partial charge in [-0.1, -0.05) is 0 Å². The zero-order valence-electron chi connectivity index (χ0n) is 11.6. The average Bonchev–Trinajstić information content (AvgIpc) is 2.35.